The molecule has 3 heteroatoms. The zero-order valence-electron chi connectivity index (χ0n) is 12.1. The standard InChI is InChI=1S/C15H28N2O/c1-11(2)13-4-5-14(10-13)15(18)16-17-8-6-12(3)7-9-17/h11-14H,4-10H2,1-3H3,(H,16,18). The predicted molar refractivity (Wildman–Crippen MR) is 73.8 cm³/mol. The number of amides is 1. The van der Waals surface area contributed by atoms with Gasteiger partial charge >= 0.3 is 0 Å². The second-order valence-electron chi connectivity index (χ2n) is 6.66. The van der Waals surface area contributed by atoms with Crippen molar-refractivity contribution in [3.8, 4) is 0 Å². The number of piperidine rings is 1. The topological polar surface area (TPSA) is 32.3 Å². The van der Waals surface area contributed by atoms with Gasteiger partial charge in [-0.15, -0.1) is 0 Å². The molecule has 18 heavy (non-hydrogen) atoms. The Labute approximate surface area is 111 Å². The van der Waals surface area contributed by atoms with Crippen molar-refractivity contribution in [3.05, 3.63) is 0 Å². The Hall–Kier alpha value is -0.570. The average molecular weight is 252 g/mol. The third-order valence-corrected chi connectivity index (χ3v) is 4.84. The van der Waals surface area contributed by atoms with Crippen LogP contribution < -0.4 is 5.43 Å². The summed E-state index contributed by atoms with van der Waals surface area (Å²) in [5.41, 5.74) is 3.14. The van der Waals surface area contributed by atoms with Crippen LogP contribution in [0.3, 0.4) is 0 Å². The summed E-state index contributed by atoms with van der Waals surface area (Å²) < 4.78 is 0. The largest absolute Gasteiger partial charge is 0.289 e. The molecular formula is C15H28N2O. The number of rotatable bonds is 3. The summed E-state index contributed by atoms with van der Waals surface area (Å²) in [5, 5.41) is 2.13. The summed E-state index contributed by atoms with van der Waals surface area (Å²) in [4.78, 5) is 12.2. The number of carbonyl (C=O) groups is 1. The highest BCUT2D eigenvalue weighted by atomic mass is 16.2. The van der Waals surface area contributed by atoms with Gasteiger partial charge in [-0.3, -0.25) is 10.2 Å². The van der Waals surface area contributed by atoms with Gasteiger partial charge in [0, 0.05) is 19.0 Å². The van der Waals surface area contributed by atoms with E-state index in [9.17, 15) is 4.79 Å². The lowest BCUT2D eigenvalue weighted by Gasteiger charge is -2.31. The number of carbonyl (C=O) groups excluding carboxylic acids is 1. The first-order valence-corrected chi connectivity index (χ1v) is 7.61. The van der Waals surface area contributed by atoms with E-state index < -0.39 is 0 Å². The molecule has 0 aromatic carbocycles. The van der Waals surface area contributed by atoms with Crippen molar-refractivity contribution in [2.45, 2.75) is 52.9 Å². The van der Waals surface area contributed by atoms with E-state index in [-0.39, 0.29) is 11.8 Å². The Kier molecular flexibility index (Phi) is 4.66. The molecule has 2 aliphatic rings. The van der Waals surface area contributed by atoms with Crippen molar-refractivity contribution in [2.24, 2.45) is 23.7 Å². The molecule has 1 aliphatic carbocycles. The molecule has 0 radical (unpaired) electrons. The van der Waals surface area contributed by atoms with E-state index in [0.29, 0.717) is 0 Å². The fraction of sp³-hybridized carbons (Fsp3) is 0.933. The third-order valence-electron chi connectivity index (χ3n) is 4.84. The van der Waals surface area contributed by atoms with Crippen LogP contribution in [-0.4, -0.2) is 24.0 Å². The minimum atomic E-state index is 0.261. The maximum Gasteiger partial charge on any atom is 0.237 e. The normalized spacial score (nSPS) is 30.9. The predicted octanol–water partition coefficient (Wildman–Crippen LogP) is 2.82. The maximum atomic E-state index is 12.2. The van der Waals surface area contributed by atoms with Crippen molar-refractivity contribution in [3.63, 3.8) is 0 Å². The van der Waals surface area contributed by atoms with Gasteiger partial charge in [-0.05, 0) is 49.9 Å². The molecule has 1 saturated carbocycles. The monoisotopic (exact) mass is 252 g/mol. The molecule has 2 rings (SSSR count). The Bertz CT molecular complexity index is 282. The van der Waals surface area contributed by atoms with Crippen LogP contribution in [0.1, 0.15) is 52.9 Å². The highest BCUT2D eigenvalue weighted by Gasteiger charge is 2.32. The van der Waals surface area contributed by atoms with Crippen LogP contribution in [0.5, 0.6) is 0 Å². The summed E-state index contributed by atoms with van der Waals surface area (Å²) in [7, 11) is 0. The Morgan fingerprint density at radius 1 is 1.17 bits per heavy atom. The molecule has 1 N–H and O–H groups in total. The van der Waals surface area contributed by atoms with Crippen LogP contribution in [-0.2, 0) is 4.79 Å². The number of nitrogens with zero attached hydrogens (tertiary/aromatic N) is 1. The summed E-state index contributed by atoms with van der Waals surface area (Å²) in [5.74, 6) is 2.82. The molecule has 2 fully saturated rings. The molecule has 2 unspecified atom stereocenters. The van der Waals surface area contributed by atoms with E-state index in [0.717, 1.165) is 43.7 Å². The van der Waals surface area contributed by atoms with E-state index in [1.165, 1.54) is 19.3 Å². The van der Waals surface area contributed by atoms with Crippen molar-refractivity contribution in [1.29, 1.82) is 0 Å². The van der Waals surface area contributed by atoms with Crippen LogP contribution in [0.25, 0.3) is 0 Å². The molecule has 2 atom stereocenters. The first-order chi connectivity index (χ1) is 8.56. The smallest absolute Gasteiger partial charge is 0.237 e. The number of hydrazine groups is 1. The van der Waals surface area contributed by atoms with Gasteiger partial charge < -0.3 is 0 Å². The van der Waals surface area contributed by atoms with Gasteiger partial charge in [0.15, 0.2) is 0 Å². The Morgan fingerprint density at radius 3 is 2.39 bits per heavy atom. The van der Waals surface area contributed by atoms with Gasteiger partial charge in [-0.25, -0.2) is 5.01 Å². The minimum absolute atomic E-state index is 0.261. The number of hydrogen-bond acceptors (Lipinski definition) is 2. The molecule has 0 aromatic rings. The van der Waals surface area contributed by atoms with Gasteiger partial charge in [0.05, 0.1) is 0 Å². The van der Waals surface area contributed by atoms with Crippen molar-refractivity contribution >= 4 is 5.91 Å². The molecule has 1 amide bonds. The second kappa shape index (κ2) is 6.05. The van der Waals surface area contributed by atoms with Gasteiger partial charge in [0.2, 0.25) is 5.91 Å². The van der Waals surface area contributed by atoms with Crippen molar-refractivity contribution in [2.75, 3.05) is 13.1 Å². The number of nitrogens with one attached hydrogen (secondary N) is 1. The quantitative estimate of drug-likeness (QED) is 0.837. The highest BCUT2D eigenvalue weighted by Crippen LogP contribution is 2.35. The molecule has 0 spiro atoms. The molecule has 1 saturated heterocycles. The van der Waals surface area contributed by atoms with E-state index in [4.69, 9.17) is 0 Å². The Balaban J connectivity index is 1.75. The van der Waals surface area contributed by atoms with Gasteiger partial charge in [-0.1, -0.05) is 20.8 Å². The SMILES string of the molecule is CC1CCN(NC(=O)C2CCC(C(C)C)C2)CC1. The zero-order valence-corrected chi connectivity index (χ0v) is 12.1. The van der Waals surface area contributed by atoms with E-state index in [1.807, 2.05) is 0 Å². The van der Waals surface area contributed by atoms with Crippen LogP contribution in [0.15, 0.2) is 0 Å². The maximum absolute atomic E-state index is 12.2. The Morgan fingerprint density at radius 2 is 1.83 bits per heavy atom. The van der Waals surface area contributed by atoms with Gasteiger partial charge in [0.1, 0.15) is 0 Å². The molecule has 1 aliphatic heterocycles. The molecular weight excluding hydrogens is 224 g/mol. The van der Waals surface area contributed by atoms with Crippen LogP contribution >= 0.6 is 0 Å². The van der Waals surface area contributed by atoms with E-state index >= 15 is 0 Å². The summed E-state index contributed by atoms with van der Waals surface area (Å²) in [6, 6.07) is 0. The number of hydrogen-bond donors (Lipinski definition) is 1. The highest BCUT2D eigenvalue weighted by molar-refractivity contribution is 5.78. The van der Waals surface area contributed by atoms with Gasteiger partial charge in [-0.2, -0.15) is 0 Å². The molecule has 0 aromatic heterocycles. The molecule has 104 valence electrons. The lowest BCUT2D eigenvalue weighted by atomic mass is 9.93. The fourth-order valence-electron chi connectivity index (χ4n) is 3.23. The fourth-order valence-corrected chi connectivity index (χ4v) is 3.23. The first kappa shape index (κ1) is 13.9. The molecule has 0 bridgehead atoms. The van der Waals surface area contributed by atoms with E-state index in [1.54, 1.807) is 0 Å². The van der Waals surface area contributed by atoms with Crippen molar-refractivity contribution < 1.29 is 4.79 Å². The summed E-state index contributed by atoms with van der Waals surface area (Å²) in [6.07, 6.45) is 5.82. The first-order valence-electron chi connectivity index (χ1n) is 7.61. The van der Waals surface area contributed by atoms with E-state index in [2.05, 4.69) is 31.2 Å². The lowest BCUT2D eigenvalue weighted by Crippen LogP contribution is -2.48. The molecule has 3 nitrogen and oxygen atoms in total. The lowest BCUT2D eigenvalue weighted by molar-refractivity contribution is -0.130. The third kappa shape index (κ3) is 3.47. The van der Waals surface area contributed by atoms with Gasteiger partial charge in [0.25, 0.3) is 0 Å². The summed E-state index contributed by atoms with van der Waals surface area (Å²) >= 11 is 0. The zero-order chi connectivity index (χ0) is 13.1. The van der Waals surface area contributed by atoms with Crippen LogP contribution in [0.2, 0.25) is 0 Å². The summed E-state index contributed by atoms with van der Waals surface area (Å²) in [6.45, 7) is 8.89. The molecule has 1 heterocycles. The second-order valence-corrected chi connectivity index (χ2v) is 6.66. The van der Waals surface area contributed by atoms with Crippen molar-refractivity contribution in [1.82, 2.24) is 10.4 Å². The van der Waals surface area contributed by atoms with Crippen LogP contribution in [0, 0.1) is 23.7 Å². The minimum Gasteiger partial charge on any atom is -0.289 e. The average Bonchev–Trinajstić information content (AvgIpc) is 2.81. The van der Waals surface area contributed by atoms with Crippen LogP contribution in [0.4, 0.5) is 0 Å².